The van der Waals surface area contributed by atoms with E-state index in [0.717, 1.165) is 11.3 Å². The number of ether oxygens (including phenoxy) is 1. The van der Waals surface area contributed by atoms with Crippen LogP contribution < -0.4 is 10.1 Å². The Balaban J connectivity index is 1.62. The summed E-state index contributed by atoms with van der Waals surface area (Å²) in [5.74, 6) is -0.244. The molecule has 21 heavy (non-hydrogen) atoms. The topological polar surface area (TPSA) is 68.5 Å². The molecule has 2 heterocycles. The molecule has 0 spiro atoms. The van der Waals surface area contributed by atoms with Crippen LogP contribution in [0.2, 0.25) is 0 Å². The Kier molecular flexibility index (Phi) is 3.51. The normalized spacial score (nSPS) is 10.5. The van der Waals surface area contributed by atoms with Gasteiger partial charge in [-0.2, -0.15) is 0 Å². The number of anilines is 1. The first-order valence-corrected chi connectivity index (χ1v) is 6.51. The number of carbonyl (C=O) groups is 1. The SMILES string of the molecule is Cc1ccc(NC(=O)COc2nnc3ccccn23)cc1. The number of nitrogens with one attached hydrogen (secondary N) is 1. The van der Waals surface area contributed by atoms with Gasteiger partial charge in [0.15, 0.2) is 12.3 Å². The summed E-state index contributed by atoms with van der Waals surface area (Å²) in [5.41, 5.74) is 2.55. The second-order valence-corrected chi connectivity index (χ2v) is 4.61. The number of fused-ring (bicyclic) bond motifs is 1. The maximum atomic E-state index is 11.8. The number of carbonyl (C=O) groups excluding carboxylic acids is 1. The molecule has 3 rings (SSSR count). The average molecular weight is 282 g/mol. The molecule has 1 N–H and O–H groups in total. The second kappa shape index (κ2) is 5.62. The molecule has 6 nitrogen and oxygen atoms in total. The zero-order chi connectivity index (χ0) is 14.7. The van der Waals surface area contributed by atoms with Gasteiger partial charge in [0.2, 0.25) is 0 Å². The van der Waals surface area contributed by atoms with Crippen LogP contribution in [0.15, 0.2) is 48.7 Å². The number of aryl methyl sites for hydroxylation is 1. The van der Waals surface area contributed by atoms with Crippen LogP contribution in [0.3, 0.4) is 0 Å². The van der Waals surface area contributed by atoms with Gasteiger partial charge in [0.25, 0.3) is 5.91 Å². The van der Waals surface area contributed by atoms with Crippen molar-refractivity contribution >= 4 is 17.2 Å². The minimum Gasteiger partial charge on any atom is -0.453 e. The first kappa shape index (κ1) is 13.1. The molecule has 0 saturated carbocycles. The van der Waals surface area contributed by atoms with Gasteiger partial charge in [-0.25, -0.2) is 0 Å². The molecule has 0 fully saturated rings. The van der Waals surface area contributed by atoms with Gasteiger partial charge in [-0.1, -0.05) is 28.9 Å². The van der Waals surface area contributed by atoms with E-state index in [1.165, 1.54) is 0 Å². The fraction of sp³-hybridized carbons (Fsp3) is 0.133. The predicted molar refractivity (Wildman–Crippen MR) is 78.3 cm³/mol. The van der Waals surface area contributed by atoms with Gasteiger partial charge in [0, 0.05) is 11.9 Å². The maximum absolute atomic E-state index is 11.8. The van der Waals surface area contributed by atoms with Crippen molar-refractivity contribution in [1.82, 2.24) is 14.6 Å². The fourth-order valence-electron chi connectivity index (χ4n) is 1.88. The highest BCUT2D eigenvalue weighted by Gasteiger charge is 2.08. The summed E-state index contributed by atoms with van der Waals surface area (Å²) in [6.07, 6.45) is 1.78. The minimum absolute atomic E-state index is 0.121. The molecule has 0 atom stereocenters. The number of rotatable bonds is 4. The second-order valence-electron chi connectivity index (χ2n) is 4.61. The molecular weight excluding hydrogens is 268 g/mol. The molecule has 0 radical (unpaired) electrons. The predicted octanol–water partition coefficient (Wildman–Crippen LogP) is 2.06. The first-order chi connectivity index (χ1) is 10.2. The fourth-order valence-corrected chi connectivity index (χ4v) is 1.88. The van der Waals surface area contributed by atoms with Crippen molar-refractivity contribution in [2.24, 2.45) is 0 Å². The van der Waals surface area contributed by atoms with Crippen molar-refractivity contribution < 1.29 is 9.53 Å². The van der Waals surface area contributed by atoms with Crippen LogP contribution >= 0.6 is 0 Å². The highest BCUT2D eigenvalue weighted by Crippen LogP contribution is 2.11. The molecule has 3 aromatic rings. The van der Waals surface area contributed by atoms with Gasteiger partial charge < -0.3 is 10.1 Å². The molecule has 6 heteroatoms. The van der Waals surface area contributed by atoms with Crippen molar-refractivity contribution in [2.75, 3.05) is 11.9 Å². The van der Waals surface area contributed by atoms with E-state index >= 15 is 0 Å². The van der Waals surface area contributed by atoms with E-state index in [0.29, 0.717) is 11.7 Å². The summed E-state index contributed by atoms with van der Waals surface area (Å²) in [6, 6.07) is 13.4. The Morgan fingerprint density at radius 3 is 2.81 bits per heavy atom. The summed E-state index contributed by atoms with van der Waals surface area (Å²) in [5, 5.41) is 10.6. The Hall–Kier alpha value is -2.89. The van der Waals surface area contributed by atoms with E-state index in [9.17, 15) is 4.79 Å². The van der Waals surface area contributed by atoms with Gasteiger partial charge in [-0.15, -0.1) is 5.10 Å². The van der Waals surface area contributed by atoms with Crippen molar-refractivity contribution in [3.05, 3.63) is 54.2 Å². The Morgan fingerprint density at radius 2 is 2.00 bits per heavy atom. The Bertz CT molecular complexity index is 765. The number of benzene rings is 1. The quantitative estimate of drug-likeness (QED) is 0.795. The van der Waals surface area contributed by atoms with E-state index in [1.807, 2.05) is 49.4 Å². The molecule has 1 aromatic carbocycles. The number of hydrogen-bond acceptors (Lipinski definition) is 4. The monoisotopic (exact) mass is 282 g/mol. The van der Waals surface area contributed by atoms with E-state index in [2.05, 4.69) is 15.5 Å². The van der Waals surface area contributed by atoms with Crippen molar-refractivity contribution in [3.8, 4) is 6.01 Å². The van der Waals surface area contributed by atoms with Crippen LogP contribution in [0.25, 0.3) is 5.65 Å². The first-order valence-electron chi connectivity index (χ1n) is 6.51. The van der Waals surface area contributed by atoms with Crippen LogP contribution in [0.4, 0.5) is 5.69 Å². The third-order valence-corrected chi connectivity index (χ3v) is 2.95. The molecule has 0 aliphatic rings. The van der Waals surface area contributed by atoms with E-state index < -0.39 is 0 Å². The third kappa shape index (κ3) is 3.00. The lowest BCUT2D eigenvalue weighted by Gasteiger charge is -2.06. The highest BCUT2D eigenvalue weighted by molar-refractivity contribution is 5.91. The molecule has 106 valence electrons. The lowest BCUT2D eigenvalue weighted by Crippen LogP contribution is -2.20. The third-order valence-electron chi connectivity index (χ3n) is 2.95. The summed E-state index contributed by atoms with van der Waals surface area (Å²) >= 11 is 0. The summed E-state index contributed by atoms with van der Waals surface area (Å²) in [6.45, 7) is 1.87. The van der Waals surface area contributed by atoms with Crippen LogP contribution in [0.5, 0.6) is 6.01 Å². The van der Waals surface area contributed by atoms with Crippen LogP contribution in [0, 0.1) is 6.92 Å². The standard InChI is InChI=1S/C15H14N4O2/c1-11-5-7-12(8-6-11)16-14(20)10-21-15-18-17-13-4-2-3-9-19(13)15/h2-9H,10H2,1H3,(H,16,20). The maximum Gasteiger partial charge on any atom is 0.322 e. The number of nitrogens with zero attached hydrogens (tertiary/aromatic N) is 3. The van der Waals surface area contributed by atoms with Crippen LogP contribution in [-0.4, -0.2) is 27.1 Å². The van der Waals surface area contributed by atoms with Gasteiger partial charge >= 0.3 is 6.01 Å². The molecule has 2 aromatic heterocycles. The molecule has 0 aliphatic heterocycles. The van der Waals surface area contributed by atoms with Crippen molar-refractivity contribution in [3.63, 3.8) is 0 Å². The molecule has 0 bridgehead atoms. The van der Waals surface area contributed by atoms with E-state index in [4.69, 9.17) is 4.74 Å². The van der Waals surface area contributed by atoms with Crippen LogP contribution in [-0.2, 0) is 4.79 Å². The number of amides is 1. The van der Waals surface area contributed by atoms with E-state index in [1.54, 1.807) is 10.6 Å². The van der Waals surface area contributed by atoms with E-state index in [-0.39, 0.29) is 12.5 Å². The molecule has 0 aliphatic carbocycles. The summed E-state index contributed by atoms with van der Waals surface area (Å²) in [7, 11) is 0. The summed E-state index contributed by atoms with van der Waals surface area (Å²) in [4.78, 5) is 11.8. The largest absolute Gasteiger partial charge is 0.453 e. The minimum atomic E-state index is -0.244. The smallest absolute Gasteiger partial charge is 0.322 e. The number of hydrogen-bond donors (Lipinski definition) is 1. The van der Waals surface area contributed by atoms with Crippen molar-refractivity contribution in [1.29, 1.82) is 0 Å². The zero-order valence-electron chi connectivity index (χ0n) is 11.5. The van der Waals surface area contributed by atoms with Crippen molar-refractivity contribution in [2.45, 2.75) is 6.92 Å². The lowest BCUT2D eigenvalue weighted by molar-refractivity contribution is -0.118. The lowest BCUT2D eigenvalue weighted by atomic mass is 10.2. The zero-order valence-corrected chi connectivity index (χ0v) is 11.5. The van der Waals surface area contributed by atoms with Gasteiger partial charge in [-0.3, -0.25) is 9.20 Å². The summed E-state index contributed by atoms with van der Waals surface area (Å²) < 4.78 is 7.07. The van der Waals surface area contributed by atoms with Gasteiger partial charge in [0.05, 0.1) is 0 Å². The Morgan fingerprint density at radius 1 is 1.19 bits per heavy atom. The molecule has 0 saturated heterocycles. The average Bonchev–Trinajstić information content (AvgIpc) is 2.91. The molecule has 0 unspecified atom stereocenters. The molecular formula is C15H14N4O2. The molecule has 1 amide bonds. The van der Waals surface area contributed by atoms with Crippen LogP contribution in [0.1, 0.15) is 5.56 Å². The number of pyridine rings is 1. The Labute approximate surface area is 121 Å². The van der Waals surface area contributed by atoms with Gasteiger partial charge in [0.1, 0.15) is 0 Å². The number of aromatic nitrogens is 3. The van der Waals surface area contributed by atoms with Gasteiger partial charge in [-0.05, 0) is 31.2 Å². The highest BCUT2D eigenvalue weighted by atomic mass is 16.5.